The molecule has 0 radical (unpaired) electrons. The first kappa shape index (κ1) is 14.9. The molecule has 0 saturated carbocycles. The van der Waals surface area contributed by atoms with Gasteiger partial charge in [-0.25, -0.2) is 8.78 Å². The summed E-state index contributed by atoms with van der Waals surface area (Å²) in [5, 5.41) is 13.7. The summed E-state index contributed by atoms with van der Waals surface area (Å²) in [6, 6.07) is 8.45. The number of nitrogens with zero attached hydrogens (tertiary/aromatic N) is 1. The van der Waals surface area contributed by atoms with Crippen LogP contribution in [0.25, 0.3) is 0 Å². The van der Waals surface area contributed by atoms with Gasteiger partial charge in [0.1, 0.15) is 11.5 Å². The van der Waals surface area contributed by atoms with Gasteiger partial charge >= 0.3 is 0 Å². The number of hydrogen-bond acceptors (Lipinski definition) is 3. The molecule has 0 aliphatic carbocycles. The lowest BCUT2D eigenvalue weighted by molar-refractivity contribution is -0.384. The third kappa shape index (κ3) is 3.34. The van der Waals surface area contributed by atoms with Crippen molar-refractivity contribution in [3.8, 4) is 0 Å². The zero-order valence-electron chi connectivity index (χ0n) is 11.6. The maximum Gasteiger partial charge on any atom is 0.298 e. The van der Waals surface area contributed by atoms with Gasteiger partial charge in [0, 0.05) is 12.1 Å². The van der Waals surface area contributed by atoms with Gasteiger partial charge in [0.05, 0.1) is 11.0 Å². The number of nitro benzene ring substituents is 1. The molecule has 0 amide bonds. The van der Waals surface area contributed by atoms with Gasteiger partial charge in [-0.15, -0.1) is 0 Å². The minimum absolute atomic E-state index is 0.310. The van der Waals surface area contributed by atoms with Gasteiger partial charge in [-0.2, -0.15) is 0 Å². The number of anilines is 1. The van der Waals surface area contributed by atoms with E-state index in [-0.39, 0.29) is 11.7 Å². The number of nitrogens with one attached hydrogen (secondary N) is 1. The minimum Gasteiger partial charge on any atom is -0.371 e. The van der Waals surface area contributed by atoms with Gasteiger partial charge in [-0.1, -0.05) is 29.8 Å². The van der Waals surface area contributed by atoms with Crippen molar-refractivity contribution >= 4 is 11.4 Å². The van der Waals surface area contributed by atoms with Crippen molar-refractivity contribution in [3.63, 3.8) is 0 Å². The van der Waals surface area contributed by atoms with Gasteiger partial charge in [0.2, 0.25) is 0 Å². The predicted molar refractivity (Wildman–Crippen MR) is 76.2 cm³/mol. The molecule has 2 rings (SSSR count). The van der Waals surface area contributed by atoms with E-state index in [0.29, 0.717) is 12.1 Å². The monoisotopic (exact) mass is 292 g/mol. The highest BCUT2D eigenvalue weighted by molar-refractivity contribution is 5.63. The van der Waals surface area contributed by atoms with Crippen LogP contribution in [0.15, 0.2) is 36.4 Å². The molecule has 110 valence electrons. The summed E-state index contributed by atoms with van der Waals surface area (Å²) in [5.41, 5.74) is 0.950. The van der Waals surface area contributed by atoms with Crippen molar-refractivity contribution in [3.05, 3.63) is 69.3 Å². The first-order chi connectivity index (χ1) is 9.88. The lowest BCUT2D eigenvalue weighted by atomic mass is 10.1. The van der Waals surface area contributed by atoms with Gasteiger partial charge in [0.25, 0.3) is 5.69 Å². The maximum atomic E-state index is 13.8. The lowest BCUT2D eigenvalue weighted by Gasteiger charge is -2.16. The molecule has 0 bridgehead atoms. The second-order valence-electron chi connectivity index (χ2n) is 4.82. The Hall–Kier alpha value is -2.50. The molecule has 21 heavy (non-hydrogen) atoms. The second-order valence-corrected chi connectivity index (χ2v) is 4.82. The Labute approximate surface area is 120 Å². The molecule has 2 aromatic rings. The van der Waals surface area contributed by atoms with Crippen molar-refractivity contribution in [2.75, 3.05) is 5.32 Å². The molecule has 0 heterocycles. The third-order valence-corrected chi connectivity index (χ3v) is 3.13. The average molecular weight is 292 g/mol. The van der Waals surface area contributed by atoms with E-state index in [1.165, 1.54) is 0 Å². The van der Waals surface area contributed by atoms with Gasteiger partial charge < -0.3 is 5.32 Å². The summed E-state index contributed by atoms with van der Waals surface area (Å²) in [6.45, 7) is 3.67. The first-order valence-corrected chi connectivity index (χ1v) is 6.35. The second kappa shape index (κ2) is 5.87. The van der Waals surface area contributed by atoms with E-state index in [2.05, 4.69) is 5.32 Å². The number of nitro groups is 1. The number of hydrogen-bond donors (Lipinski definition) is 1. The fourth-order valence-corrected chi connectivity index (χ4v) is 2.09. The van der Waals surface area contributed by atoms with Crippen LogP contribution in [-0.4, -0.2) is 4.92 Å². The minimum atomic E-state index is -0.985. The van der Waals surface area contributed by atoms with E-state index in [4.69, 9.17) is 0 Å². The number of halogens is 2. The Kier molecular flexibility index (Phi) is 4.16. The van der Waals surface area contributed by atoms with Crippen LogP contribution in [0.2, 0.25) is 0 Å². The predicted octanol–water partition coefficient (Wildman–Crippen LogP) is 4.35. The number of benzene rings is 2. The molecule has 1 atom stereocenters. The fraction of sp³-hybridized carbons (Fsp3) is 0.200. The molecule has 6 heteroatoms. The van der Waals surface area contributed by atoms with E-state index < -0.39 is 22.2 Å². The molecule has 1 N–H and O–H groups in total. The van der Waals surface area contributed by atoms with Gasteiger partial charge in [-0.3, -0.25) is 10.1 Å². The van der Waals surface area contributed by atoms with Crippen molar-refractivity contribution in [2.24, 2.45) is 0 Å². The molecule has 0 aliphatic heterocycles. The highest BCUT2D eigenvalue weighted by Crippen LogP contribution is 2.31. The quantitative estimate of drug-likeness (QED) is 0.673. The summed E-state index contributed by atoms with van der Waals surface area (Å²) in [6.07, 6.45) is 0. The Morgan fingerprint density at radius 3 is 2.57 bits per heavy atom. The Morgan fingerprint density at radius 1 is 1.24 bits per heavy atom. The molecule has 4 nitrogen and oxygen atoms in total. The Bertz CT molecular complexity index is 689. The highest BCUT2D eigenvalue weighted by Gasteiger charge is 2.22. The molecule has 2 aromatic carbocycles. The summed E-state index contributed by atoms with van der Waals surface area (Å²) in [4.78, 5) is 10.1. The van der Waals surface area contributed by atoms with Crippen LogP contribution in [0, 0.1) is 28.7 Å². The van der Waals surface area contributed by atoms with E-state index in [1.807, 2.05) is 31.2 Å². The van der Waals surface area contributed by atoms with Crippen LogP contribution in [0.1, 0.15) is 24.1 Å². The number of rotatable bonds is 4. The normalized spacial score (nSPS) is 12.0. The molecule has 0 aromatic heterocycles. The van der Waals surface area contributed by atoms with Crippen LogP contribution in [0.5, 0.6) is 0 Å². The largest absolute Gasteiger partial charge is 0.371 e. The van der Waals surface area contributed by atoms with Crippen LogP contribution in [-0.2, 0) is 0 Å². The lowest BCUT2D eigenvalue weighted by Crippen LogP contribution is -2.10. The van der Waals surface area contributed by atoms with E-state index >= 15 is 0 Å². The van der Waals surface area contributed by atoms with Crippen molar-refractivity contribution in [1.29, 1.82) is 0 Å². The van der Waals surface area contributed by atoms with Crippen molar-refractivity contribution in [2.45, 2.75) is 19.9 Å². The third-order valence-electron chi connectivity index (χ3n) is 3.13. The van der Waals surface area contributed by atoms with E-state index in [9.17, 15) is 18.9 Å². The Balaban J connectivity index is 2.37. The smallest absolute Gasteiger partial charge is 0.298 e. The van der Waals surface area contributed by atoms with Gasteiger partial charge in [-0.05, 0) is 19.4 Å². The topological polar surface area (TPSA) is 55.2 Å². The Morgan fingerprint density at radius 2 is 1.95 bits per heavy atom. The van der Waals surface area contributed by atoms with Gasteiger partial charge in [0.15, 0.2) is 5.82 Å². The van der Waals surface area contributed by atoms with Crippen molar-refractivity contribution < 1.29 is 13.7 Å². The fourth-order valence-electron chi connectivity index (χ4n) is 2.09. The SMILES string of the molecule is Cc1cccc(C(C)Nc2c(F)cc(F)cc2[N+](=O)[O-])c1. The summed E-state index contributed by atoms with van der Waals surface area (Å²) >= 11 is 0. The molecule has 0 aliphatic rings. The zero-order valence-corrected chi connectivity index (χ0v) is 11.6. The zero-order chi connectivity index (χ0) is 15.6. The summed E-state index contributed by atoms with van der Waals surface area (Å²) < 4.78 is 26.9. The van der Waals surface area contributed by atoms with E-state index in [1.54, 1.807) is 6.92 Å². The highest BCUT2D eigenvalue weighted by atomic mass is 19.1. The van der Waals surface area contributed by atoms with Crippen LogP contribution >= 0.6 is 0 Å². The number of aryl methyl sites for hydroxylation is 1. The molecule has 0 saturated heterocycles. The van der Waals surface area contributed by atoms with Crippen LogP contribution < -0.4 is 5.32 Å². The van der Waals surface area contributed by atoms with Crippen LogP contribution in [0.4, 0.5) is 20.2 Å². The van der Waals surface area contributed by atoms with Crippen LogP contribution in [0.3, 0.4) is 0 Å². The van der Waals surface area contributed by atoms with E-state index in [0.717, 1.165) is 11.1 Å². The standard InChI is InChI=1S/C15H14F2N2O2/c1-9-4-3-5-11(6-9)10(2)18-15-13(17)7-12(16)8-14(15)19(20)21/h3-8,10,18H,1-2H3. The summed E-state index contributed by atoms with van der Waals surface area (Å²) in [7, 11) is 0. The molecule has 0 spiro atoms. The maximum absolute atomic E-state index is 13.8. The molecule has 0 fully saturated rings. The first-order valence-electron chi connectivity index (χ1n) is 6.35. The molecular formula is C15H14F2N2O2. The average Bonchev–Trinajstić information content (AvgIpc) is 2.41. The van der Waals surface area contributed by atoms with Crippen molar-refractivity contribution in [1.82, 2.24) is 0 Å². The molecule has 1 unspecified atom stereocenters. The molecular weight excluding hydrogens is 278 g/mol. The summed E-state index contributed by atoms with van der Waals surface area (Å²) in [5.74, 6) is -1.96.